The van der Waals surface area contributed by atoms with Crippen LogP contribution in [0.2, 0.25) is 0 Å². The van der Waals surface area contributed by atoms with E-state index in [0.29, 0.717) is 22.5 Å². The normalized spacial score (nSPS) is 11.9. The molecular weight excluding hydrogens is 376 g/mol. The Bertz CT molecular complexity index is 1020. The van der Waals surface area contributed by atoms with Crippen LogP contribution in [-0.4, -0.2) is 29.9 Å². The van der Waals surface area contributed by atoms with Gasteiger partial charge in [0.1, 0.15) is 0 Å². The Labute approximate surface area is 177 Å². The van der Waals surface area contributed by atoms with Gasteiger partial charge in [-0.25, -0.2) is 4.79 Å². The number of esters is 1. The number of carbonyl (C=O) groups excluding carboxylic acids is 2. The number of aryl methyl sites for hydroxylation is 3. The van der Waals surface area contributed by atoms with E-state index in [1.165, 1.54) is 5.56 Å². The highest BCUT2D eigenvalue weighted by Crippen LogP contribution is 2.24. The van der Waals surface area contributed by atoms with E-state index in [9.17, 15) is 9.59 Å². The molecule has 1 aromatic heterocycles. The number of rotatable bonds is 8. The summed E-state index contributed by atoms with van der Waals surface area (Å²) >= 11 is 0. The molecule has 2 aromatic carbocycles. The van der Waals surface area contributed by atoms with Crippen LogP contribution in [0.5, 0.6) is 0 Å². The smallest absolute Gasteiger partial charge is 0.340 e. The molecule has 0 saturated heterocycles. The maximum absolute atomic E-state index is 13.1. The first-order chi connectivity index (χ1) is 14.4. The second kappa shape index (κ2) is 9.55. The first-order valence-electron chi connectivity index (χ1n) is 10.2. The fourth-order valence-electron chi connectivity index (χ4n) is 3.70. The third-order valence-corrected chi connectivity index (χ3v) is 5.14. The minimum Gasteiger partial charge on any atom is -0.462 e. The highest BCUT2D eigenvalue weighted by molar-refractivity contribution is 6.09. The monoisotopic (exact) mass is 404 g/mol. The number of ketones is 1. The minimum atomic E-state index is -0.471. The van der Waals surface area contributed by atoms with Crippen molar-refractivity contribution < 1.29 is 14.3 Å². The number of carbonyl (C=O) groups is 2. The molecule has 3 aromatic rings. The Balaban J connectivity index is 1.87. The number of hydrogen-bond acceptors (Lipinski definition) is 4. The first-order valence-corrected chi connectivity index (χ1v) is 10.2. The van der Waals surface area contributed by atoms with Gasteiger partial charge in [0.15, 0.2) is 5.78 Å². The molecule has 0 aliphatic rings. The highest BCUT2D eigenvalue weighted by atomic mass is 16.5. The third-order valence-electron chi connectivity index (χ3n) is 5.14. The average Bonchev–Trinajstić information content (AvgIpc) is 3.04. The van der Waals surface area contributed by atoms with Crippen molar-refractivity contribution in [2.45, 2.75) is 33.7 Å². The van der Waals surface area contributed by atoms with Crippen LogP contribution in [0.1, 0.15) is 61.8 Å². The number of Topliss-reactive ketones (excluding diaryl/α,β-unsaturated/α-hetero) is 1. The Hall–Kier alpha value is -3.18. The summed E-state index contributed by atoms with van der Waals surface area (Å²) in [6, 6.07) is 18.1. The molecule has 156 valence electrons. The molecule has 0 saturated carbocycles. The molecule has 30 heavy (non-hydrogen) atoms. The lowest BCUT2D eigenvalue weighted by Gasteiger charge is -2.20. The molecule has 5 nitrogen and oxygen atoms in total. The number of benzene rings is 2. The van der Waals surface area contributed by atoms with E-state index in [0.717, 1.165) is 11.1 Å². The van der Waals surface area contributed by atoms with Crippen molar-refractivity contribution in [3.8, 4) is 0 Å². The van der Waals surface area contributed by atoms with Gasteiger partial charge in [0.05, 0.1) is 30.3 Å². The minimum absolute atomic E-state index is 0.0952. The van der Waals surface area contributed by atoms with Gasteiger partial charge < -0.3 is 9.72 Å². The Morgan fingerprint density at radius 2 is 1.50 bits per heavy atom. The first kappa shape index (κ1) is 21.5. The van der Waals surface area contributed by atoms with Crippen LogP contribution in [0.3, 0.4) is 0 Å². The van der Waals surface area contributed by atoms with Crippen molar-refractivity contribution >= 4 is 11.8 Å². The molecule has 1 atom stereocenters. The largest absolute Gasteiger partial charge is 0.462 e. The van der Waals surface area contributed by atoms with Gasteiger partial charge in [-0.05, 0) is 38.8 Å². The SMILES string of the molecule is CCOC(=O)c1c(C)[nH]c(C)c1C(=O)CN[C@H](c1ccccc1)c1ccc(C)cc1. The van der Waals surface area contributed by atoms with Gasteiger partial charge in [0, 0.05) is 11.4 Å². The summed E-state index contributed by atoms with van der Waals surface area (Å²) in [5.74, 6) is -0.617. The van der Waals surface area contributed by atoms with E-state index in [1.807, 2.05) is 37.3 Å². The van der Waals surface area contributed by atoms with Crippen LogP contribution in [0, 0.1) is 20.8 Å². The summed E-state index contributed by atoms with van der Waals surface area (Å²) in [7, 11) is 0. The molecule has 0 spiro atoms. The van der Waals surface area contributed by atoms with Crippen LogP contribution >= 0.6 is 0 Å². The number of aromatic nitrogens is 1. The fraction of sp³-hybridized carbons (Fsp3) is 0.280. The van der Waals surface area contributed by atoms with Gasteiger partial charge in [-0.15, -0.1) is 0 Å². The standard InChI is InChI=1S/C25H28N2O3/c1-5-30-25(29)23-18(4)27-17(3)22(23)21(28)15-26-24(19-9-7-6-8-10-19)20-13-11-16(2)12-14-20/h6-14,24,26-27H,5,15H2,1-4H3/t24-/m1/s1. The lowest BCUT2D eigenvalue weighted by molar-refractivity contribution is 0.0522. The highest BCUT2D eigenvalue weighted by Gasteiger charge is 2.26. The summed E-state index contributed by atoms with van der Waals surface area (Å²) in [4.78, 5) is 28.6. The quantitative estimate of drug-likeness (QED) is 0.422. The lowest BCUT2D eigenvalue weighted by Crippen LogP contribution is -2.29. The van der Waals surface area contributed by atoms with Crippen molar-refractivity contribution in [1.82, 2.24) is 10.3 Å². The molecule has 0 bridgehead atoms. The van der Waals surface area contributed by atoms with E-state index in [4.69, 9.17) is 4.74 Å². The molecular formula is C25H28N2O3. The van der Waals surface area contributed by atoms with E-state index in [1.54, 1.807) is 20.8 Å². The summed E-state index contributed by atoms with van der Waals surface area (Å²) < 4.78 is 5.16. The zero-order chi connectivity index (χ0) is 21.7. The third kappa shape index (κ3) is 4.69. The second-order valence-corrected chi connectivity index (χ2v) is 7.40. The van der Waals surface area contributed by atoms with Gasteiger partial charge in [-0.2, -0.15) is 0 Å². The lowest BCUT2D eigenvalue weighted by atomic mass is 9.97. The van der Waals surface area contributed by atoms with Crippen LogP contribution in [0.15, 0.2) is 54.6 Å². The topological polar surface area (TPSA) is 71.2 Å². The molecule has 2 N–H and O–H groups in total. The fourth-order valence-corrected chi connectivity index (χ4v) is 3.70. The number of hydrogen-bond donors (Lipinski definition) is 2. The molecule has 1 heterocycles. The van der Waals surface area contributed by atoms with Crippen LogP contribution in [0.25, 0.3) is 0 Å². The number of ether oxygens (including phenoxy) is 1. The van der Waals surface area contributed by atoms with Crippen molar-refractivity contribution in [2.75, 3.05) is 13.2 Å². The van der Waals surface area contributed by atoms with Crippen LogP contribution < -0.4 is 5.32 Å². The molecule has 0 radical (unpaired) electrons. The van der Waals surface area contributed by atoms with Gasteiger partial charge in [-0.3, -0.25) is 10.1 Å². The summed E-state index contributed by atoms with van der Waals surface area (Å²) in [6.07, 6.45) is 0. The van der Waals surface area contributed by atoms with Crippen molar-refractivity contribution in [1.29, 1.82) is 0 Å². The number of H-pyrrole nitrogens is 1. The predicted octanol–water partition coefficient (Wildman–Crippen LogP) is 4.68. The van der Waals surface area contributed by atoms with Crippen LogP contribution in [-0.2, 0) is 4.74 Å². The Morgan fingerprint density at radius 3 is 2.13 bits per heavy atom. The van der Waals surface area contributed by atoms with Gasteiger partial charge in [0.2, 0.25) is 0 Å². The second-order valence-electron chi connectivity index (χ2n) is 7.40. The number of aromatic amines is 1. The zero-order valence-corrected chi connectivity index (χ0v) is 17.9. The predicted molar refractivity (Wildman–Crippen MR) is 118 cm³/mol. The molecule has 3 rings (SSSR count). The molecule has 0 unspecified atom stereocenters. The molecule has 5 heteroatoms. The zero-order valence-electron chi connectivity index (χ0n) is 17.9. The summed E-state index contributed by atoms with van der Waals surface area (Å²) in [5, 5.41) is 3.39. The Morgan fingerprint density at radius 1 is 0.900 bits per heavy atom. The molecule has 0 amide bonds. The molecule has 0 aliphatic carbocycles. The van der Waals surface area contributed by atoms with Crippen LogP contribution in [0.4, 0.5) is 0 Å². The van der Waals surface area contributed by atoms with Crippen molar-refractivity contribution in [3.05, 3.63) is 93.8 Å². The number of nitrogens with one attached hydrogen (secondary N) is 2. The van der Waals surface area contributed by atoms with E-state index < -0.39 is 5.97 Å². The Kier molecular flexibility index (Phi) is 6.85. The van der Waals surface area contributed by atoms with Gasteiger partial charge >= 0.3 is 5.97 Å². The van der Waals surface area contributed by atoms with Gasteiger partial charge in [-0.1, -0.05) is 60.2 Å². The van der Waals surface area contributed by atoms with Gasteiger partial charge in [0.25, 0.3) is 0 Å². The van der Waals surface area contributed by atoms with E-state index in [2.05, 4.69) is 34.6 Å². The molecule has 0 fully saturated rings. The van der Waals surface area contributed by atoms with E-state index >= 15 is 0 Å². The summed E-state index contributed by atoms with van der Waals surface area (Å²) in [6.45, 7) is 7.74. The van der Waals surface area contributed by atoms with Crippen molar-refractivity contribution in [2.24, 2.45) is 0 Å². The maximum Gasteiger partial charge on any atom is 0.340 e. The van der Waals surface area contributed by atoms with E-state index in [-0.39, 0.29) is 25.0 Å². The van der Waals surface area contributed by atoms with Crippen molar-refractivity contribution in [3.63, 3.8) is 0 Å². The average molecular weight is 405 g/mol. The maximum atomic E-state index is 13.1. The molecule has 0 aliphatic heterocycles. The summed E-state index contributed by atoms with van der Waals surface area (Å²) in [5.41, 5.74) is 5.37.